The van der Waals surface area contributed by atoms with Gasteiger partial charge in [-0.3, -0.25) is 4.98 Å². The van der Waals surface area contributed by atoms with Crippen molar-refractivity contribution in [1.29, 1.82) is 0 Å². The van der Waals surface area contributed by atoms with Gasteiger partial charge in [-0.05, 0) is 24.6 Å². The number of benzene rings is 1. The molecule has 0 saturated carbocycles. The topological polar surface area (TPSA) is 38.9 Å². The van der Waals surface area contributed by atoms with E-state index < -0.39 is 0 Å². The van der Waals surface area contributed by atoms with Crippen molar-refractivity contribution in [2.24, 2.45) is 5.73 Å². The highest BCUT2D eigenvalue weighted by Gasteiger charge is 2.25. The van der Waals surface area contributed by atoms with Crippen molar-refractivity contribution in [2.45, 2.75) is 25.7 Å². The van der Waals surface area contributed by atoms with E-state index in [-0.39, 0.29) is 5.41 Å². The maximum absolute atomic E-state index is 6.00. The van der Waals surface area contributed by atoms with Gasteiger partial charge in [-0.1, -0.05) is 42.8 Å². The number of hydrogen-bond donors (Lipinski definition) is 1. The summed E-state index contributed by atoms with van der Waals surface area (Å²) in [6.45, 7) is 4.92. The lowest BCUT2D eigenvalue weighted by Gasteiger charge is -2.28. The van der Waals surface area contributed by atoms with Gasteiger partial charge in [-0.25, -0.2) is 0 Å². The lowest BCUT2D eigenvalue weighted by Crippen LogP contribution is -2.34. The molecule has 0 amide bonds. The van der Waals surface area contributed by atoms with E-state index in [4.69, 9.17) is 5.73 Å². The molecule has 2 rings (SSSR count). The van der Waals surface area contributed by atoms with Crippen LogP contribution in [0.3, 0.4) is 0 Å². The fourth-order valence-corrected chi connectivity index (χ4v) is 2.15. The summed E-state index contributed by atoms with van der Waals surface area (Å²) in [6, 6.07) is 14.6. The Hall–Kier alpha value is -1.67. The van der Waals surface area contributed by atoms with Crippen molar-refractivity contribution < 1.29 is 0 Å². The Morgan fingerprint density at radius 1 is 1.11 bits per heavy atom. The summed E-state index contributed by atoms with van der Waals surface area (Å²) >= 11 is 0. The lowest BCUT2D eigenvalue weighted by atomic mass is 9.78. The molecule has 0 spiro atoms. The zero-order valence-electron chi connectivity index (χ0n) is 11.1. The minimum absolute atomic E-state index is 0.0535. The summed E-state index contributed by atoms with van der Waals surface area (Å²) in [7, 11) is 0. The minimum Gasteiger partial charge on any atom is -0.330 e. The molecular weight excluding hydrogens is 220 g/mol. The van der Waals surface area contributed by atoms with Gasteiger partial charge in [0.1, 0.15) is 0 Å². The smallest absolute Gasteiger partial charge is 0.0412 e. The minimum atomic E-state index is -0.0535. The largest absolute Gasteiger partial charge is 0.330 e. The van der Waals surface area contributed by atoms with E-state index in [1.54, 1.807) is 0 Å². The van der Waals surface area contributed by atoms with E-state index in [2.05, 4.69) is 49.2 Å². The lowest BCUT2D eigenvalue weighted by molar-refractivity contribution is 0.475. The van der Waals surface area contributed by atoms with Crippen molar-refractivity contribution in [3.63, 3.8) is 0 Å². The predicted octanol–water partition coefficient (Wildman–Crippen LogP) is 2.85. The molecule has 0 aliphatic heterocycles. The molecule has 0 saturated heterocycles. The molecule has 1 aromatic carbocycles. The van der Waals surface area contributed by atoms with Crippen LogP contribution in [0.1, 0.15) is 23.7 Å². The molecule has 0 fully saturated rings. The summed E-state index contributed by atoms with van der Waals surface area (Å²) in [5.41, 5.74) is 9.59. The van der Waals surface area contributed by atoms with Gasteiger partial charge in [0, 0.05) is 30.3 Å². The van der Waals surface area contributed by atoms with E-state index in [9.17, 15) is 0 Å². The first-order valence-electron chi connectivity index (χ1n) is 6.31. The Morgan fingerprint density at radius 2 is 1.83 bits per heavy atom. The van der Waals surface area contributed by atoms with Gasteiger partial charge in [-0.2, -0.15) is 0 Å². The molecule has 0 aliphatic rings. The molecule has 2 nitrogen and oxygen atoms in total. The first-order valence-corrected chi connectivity index (χ1v) is 6.31. The molecular formula is C16H20N2. The van der Waals surface area contributed by atoms with E-state index >= 15 is 0 Å². The summed E-state index contributed by atoms with van der Waals surface area (Å²) < 4.78 is 0. The van der Waals surface area contributed by atoms with Crippen molar-refractivity contribution >= 4 is 0 Å². The number of nitrogens with zero attached hydrogens (tertiary/aromatic N) is 1. The van der Waals surface area contributed by atoms with Gasteiger partial charge in [0.25, 0.3) is 0 Å². The van der Waals surface area contributed by atoms with Crippen LogP contribution in [0.5, 0.6) is 0 Å². The molecule has 18 heavy (non-hydrogen) atoms. The Balaban J connectivity index is 2.28. The van der Waals surface area contributed by atoms with Crippen molar-refractivity contribution in [3.05, 3.63) is 65.5 Å². The van der Waals surface area contributed by atoms with Gasteiger partial charge in [0.05, 0.1) is 0 Å². The predicted molar refractivity (Wildman–Crippen MR) is 75.5 cm³/mol. The van der Waals surface area contributed by atoms with E-state index in [0.717, 1.165) is 12.1 Å². The zero-order valence-corrected chi connectivity index (χ0v) is 11.1. The van der Waals surface area contributed by atoms with Crippen LogP contribution in [0.2, 0.25) is 0 Å². The number of hydrogen-bond acceptors (Lipinski definition) is 2. The molecule has 0 bridgehead atoms. The summed E-state index contributed by atoms with van der Waals surface area (Å²) in [5, 5.41) is 0. The van der Waals surface area contributed by atoms with Crippen LogP contribution in [0, 0.1) is 6.92 Å². The summed E-state index contributed by atoms with van der Waals surface area (Å²) in [4.78, 5) is 4.40. The van der Waals surface area contributed by atoms with Gasteiger partial charge >= 0.3 is 0 Å². The Kier molecular flexibility index (Phi) is 3.78. The first kappa shape index (κ1) is 12.8. The van der Waals surface area contributed by atoms with Crippen LogP contribution in [-0.4, -0.2) is 11.5 Å². The third-order valence-electron chi connectivity index (χ3n) is 3.50. The molecule has 0 aliphatic carbocycles. The van der Waals surface area contributed by atoms with Gasteiger partial charge in [-0.15, -0.1) is 0 Å². The average molecular weight is 240 g/mol. The molecule has 0 radical (unpaired) electrons. The zero-order chi connectivity index (χ0) is 13.0. The fraction of sp³-hybridized carbons (Fsp3) is 0.312. The van der Waals surface area contributed by atoms with Crippen LogP contribution < -0.4 is 5.73 Å². The molecule has 1 aromatic heterocycles. The van der Waals surface area contributed by atoms with Gasteiger partial charge in [0.2, 0.25) is 0 Å². The fourth-order valence-electron chi connectivity index (χ4n) is 2.15. The average Bonchev–Trinajstić information content (AvgIpc) is 2.40. The van der Waals surface area contributed by atoms with Crippen molar-refractivity contribution in [1.82, 2.24) is 4.98 Å². The Morgan fingerprint density at radius 3 is 2.39 bits per heavy atom. The maximum atomic E-state index is 6.00. The number of nitrogens with two attached hydrogens (primary N) is 1. The number of aromatic nitrogens is 1. The second-order valence-corrected chi connectivity index (χ2v) is 5.13. The van der Waals surface area contributed by atoms with Crippen molar-refractivity contribution in [2.75, 3.05) is 6.54 Å². The third-order valence-corrected chi connectivity index (χ3v) is 3.50. The van der Waals surface area contributed by atoms with Gasteiger partial charge < -0.3 is 5.73 Å². The van der Waals surface area contributed by atoms with E-state index in [0.29, 0.717) is 6.54 Å². The Labute approximate surface area is 109 Å². The first-order chi connectivity index (χ1) is 8.64. The number of rotatable bonds is 4. The third kappa shape index (κ3) is 2.77. The molecule has 1 unspecified atom stereocenters. The quantitative estimate of drug-likeness (QED) is 0.892. The molecule has 1 atom stereocenters. The highest BCUT2D eigenvalue weighted by molar-refractivity contribution is 5.30. The molecule has 94 valence electrons. The van der Waals surface area contributed by atoms with Crippen LogP contribution in [0.25, 0.3) is 0 Å². The van der Waals surface area contributed by atoms with Crippen molar-refractivity contribution in [3.8, 4) is 0 Å². The van der Waals surface area contributed by atoms with E-state index in [1.165, 1.54) is 11.1 Å². The maximum Gasteiger partial charge on any atom is 0.0412 e. The Bertz CT molecular complexity index is 490. The molecule has 1 heterocycles. The molecule has 2 N–H and O–H groups in total. The normalized spacial score (nSPS) is 14.2. The summed E-state index contributed by atoms with van der Waals surface area (Å²) in [5.74, 6) is 0. The standard InChI is InChI=1S/C16H20N2/c1-13-6-8-14(9-7-13)16(2,12-17)11-15-5-3-4-10-18-15/h3-10H,11-12,17H2,1-2H3. The monoisotopic (exact) mass is 240 g/mol. The molecule has 2 aromatic rings. The molecule has 2 heteroatoms. The second kappa shape index (κ2) is 5.32. The SMILES string of the molecule is Cc1ccc(C(C)(CN)Cc2ccccn2)cc1. The van der Waals surface area contributed by atoms with Crippen LogP contribution in [-0.2, 0) is 11.8 Å². The van der Waals surface area contributed by atoms with Crippen LogP contribution in [0.4, 0.5) is 0 Å². The number of pyridine rings is 1. The van der Waals surface area contributed by atoms with Crippen LogP contribution in [0.15, 0.2) is 48.7 Å². The second-order valence-electron chi connectivity index (χ2n) is 5.13. The highest BCUT2D eigenvalue weighted by Crippen LogP contribution is 2.26. The van der Waals surface area contributed by atoms with Gasteiger partial charge in [0.15, 0.2) is 0 Å². The number of aryl methyl sites for hydroxylation is 1. The summed E-state index contributed by atoms with van der Waals surface area (Å²) in [6.07, 6.45) is 2.70. The highest BCUT2D eigenvalue weighted by atomic mass is 14.7. The van der Waals surface area contributed by atoms with Crippen LogP contribution >= 0.6 is 0 Å². The van der Waals surface area contributed by atoms with E-state index in [1.807, 2.05) is 18.3 Å².